The minimum atomic E-state index is 0.665. The highest BCUT2D eigenvalue weighted by Crippen LogP contribution is 2.14. The Kier molecular flexibility index (Phi) is 5.51. The van der Waals surface area contributed by atoms with Gasteiger partial charge in [0.15, 0.2) is 0 Å². The standard InChI is InChI=1S/C15H20N2OS/c1-3-15-17-10-14(19-15)9-16-8-12-6-4-5-7-13(12)11-18-2/h4-7,10,16H,3,8-9,11H2,1-2H3. The van der Waals surface area contributed by atoms with Crippen molar-refractivity contribution >= 4 is 11.3 Å². The summed E-state index contributed by atoms with van der Waals surface area (Å²) >= 11 is 1.78. The summed E-state index contributed by atoms with van der Waals surface area (Å²) in [5.74, 6) is 0. The predicted molar refractivity (Wildman–Crippen MR) is 79.2 cm³/mol. The van der Waals surface area contributed by atoms with Crippen LogP contribution in [0.25, 0.3) is 0 Å². The minimum Gasteiger partial charge on any atom is -0.380 e. The van der Waals surface area contributed by atoms with Gasteiger partial charge in [-0.3, -0.25) is 0 Å². The zero-order valence-corrected chi connectivity index (χ0v) is 12.3. The topological polar surface area (TPSA) is 34.2 Å². The van der Waals surface area contributed by atoms with Crippen molar-refractivity contribution < 1.29 is 4.74 Å². The van der Waals surface area contributed by atoms with Gasteiger partial charge in [0.1, 0.15) is 0 Å². The fourth-order valence-electron chi connectivity index (χ4n) is 1.94. The highest BCUT2D eigenvalue weighted by molar-refractivity contribution is 7.11. The lowest BCUT2D eigenvalue weighted by molar-refractivity contribution is 0.184. The fourth-order valence-corrected chi connectivity index (χ4v) is 2.77. The SMILES string of the molecule is CCc1ncc(CNCc2ccccc2COC)s1. The quantitative estimate of drug-likeness (QED) is 0.843. The zero-order valence-electron chi connectivity index (χ0n) is 11.5. The first-order valence-corrected chi connectivity index (χ1v) is 7.35. The maximum absolute atomic E-state index is 5.22. The summed E-state index contributed by atoms with van der Waals surface area (Å²) in [5, 5.41) is 4.67. The predicted octanol–water partition coefficient (Wildman–Crippen LogP) is 3.14. The Morgan fingerprint density at radius 2 is 2.00 bits per heavy atom. The summed E-state index contributed by atoms with van der Waals surface area (Å²) in [6.07, 6.45) is 2.99. The van der Waals surface area contributed by atoms with E-state index < -0.39 is 0 Å². The average Bonchev–Trinajstić information content (AvgIpc) is 2.89. The molecule has 0 amide bonds. The Hall–Kier alpha value is -1.23. The molecule has 0 saturated heterocycles. The molecule has 1 aromatic heterocycles. The molecule has 0 saturated carbocycles. The minimum absolute atomic E-state index is 0.665. The number of thiazole rings is 1. The molecular formula is C15H20N2OS. The Morgan fingerprint density at radius 3 is 2.68 bits per heavy atom. The molecule has 0 aliphatic carbocycles. The summed E-state index contributed by atoms with van der Waals surface area (Å²) in [4.78, 5) is 5.66. The first kappa shape index (κ1) is 14.2. The van der Waals surface area contributed by atoms with Gasteiger partial charge in [0.25, 0.3) is 0 Å². The number of nitrogens with one attached hydrogen (secondary N) is 1. The molecular weight excluding hydrogens is 256 g/mol. The highest BCUT2D eigenvalue weighted by atomic mass is 32.1. The first-order chi connectivity index (χ1) is 9.33. The van der Waals surface area contributed by atoms with Gasteiger partial charge in [-0.1, -0.05) is 31.2 Å². The fraction of sp³-hybridized carbons (Fsp3) is 0.400. The third-order valence-electron chi connectivity index (χ3n) is 2.94. The molecule has 0 aliphatic rings. The van der Waals surface area contributed by atoms with E-state index in [1.54, 1.807) is 18.4 Å². The van der Waals surface area contributed by atoms with Crippen LogP contribution in [-0.4, -0.2) is 12.1 Å². The van der Waals surface area contributed by atoms with Crippen LogP contribution in [-0.2, 0) is 30.9 Å². The van der Waals surface area contributed by atoms with Crippen LogP contribution >= 0.6 is 11.3 Å². The van der Waals surface area contributed by atoms with E-state index in [0.29, 0.717) is 6.61 Å². The highest BCUT2D eigenvalue weighted by Gasteiger charge is 2.03. The Balaban J connectivity index is 1.88. The van der Waals surface area contributed by atoms with Crippen LogP contribution in [0.1, 0.15) is 27.9 Å². The monoisotopic (exact) mass is 276 g/mol. The molecule has 0 unspecified atom stereocenters. The van der Waals surface area contributed by atoms with E-state index in [9.17, 15) is 0 Å². The zero-order chi connectivity index (χ0) is 13.5. The lowest BCUT2D eigenvalue weighted by Gasteiger charge is -2.09. The number of nitrogens with zero attached hydrogens (tertiary/aromatic N) is 1. The second-order valence-electron chi connectivity index (χ2n) is 4.38. The van der Waals surface area contributed by atoms with Gasteiger partial charge in [0.2, 0.25) is 0 Å². The molecule has 1 aromatic carbocycles. The largest absolute Gasteiger partial charge is 0.380 e. The maximum atomic E-state index is 5.22. The van der Waals surface area contributed by atoms with Crippen molar-refractivity contribution in [1.82, 2.24) is 10.3 Å². The Labute approximate surface area is 118 Å². The summed E-state index contributed by atoms with van der Waals surface area (Å²) in [6, 6.07) is 8.38. The van der Waals surface area contributed by atoms with Crippen LogP contribution in [0.2, 0.25) is 0 Å². The summed E-state index contributed by atoms with van der Waals surface area (Å²) < 4.78 is 5.22. The molecule has 0 spiro atoms. The molecule has 0 atom stereocenters. The molecule has 2 aromatic rings. The van der Waals surface area contributed by atoms with Gasteiger partial charge in [0, 0.05) is 31.3 Å². The van der Waals surface area contributed by atoms with Crippen LogP contribution in [0.5, 0.6) is 0 Å². The summed E-state index contributed by atoms with van der Waals surface area (Å²) in [6.45, 7) is 4.54. The van der Waals surface area contributed by atoms with Crippen molar-refractivity contribution in [2.45, 2.75) is 33.0 Å². The van der Waals surface area contributed by atoms with Gasteiger partial charge in [-0.15, -0.1) is 11.3 Å². The van der Waals surface area contributed by atoms with Gasteiger partial charge in [0.05, 0.1) is 11.6 Å². The van der Waals surface area contributed by atoms with E-state index in [2.05, 4.69) is 41.5 Å². The molecule has 2 rings (SSSR count). The molecule has 102 valence electrons. The van der Waals surface area contributed by atoms with Crippen molar-refractivity contribution in [1.29, 1.82) is 0 Å². The van der Waals surface area contributed by atoms with Gasteiger partial charge in [-0.25, -0.2) is 4.98 Å². The van der Waals surface area contributed by atoms with Crippen molar-refractivity contribution in [2.75, 3.05) is 7.11 Å². The second kappa shape index (κ2) is 7.38. The molecule has 4 heteroatoms. The number of benzene rings is 1. The maximum Gasteiger partial charge on any atom is 0.0925 e. The molecule has 19 heavy (non-hydrogen) atoms. The van der Waals surface area contributed by atoms with Gasteiger partial charge < -0.3 is 10.1 Å². The van der Waals surface area contributed by atoms with Crippen LogP contribution in [0.15, 0.2) is 30.5 Å². The first-order valence-electron chi connectivity index (χ1n) is 6.53. The van der Waals surface area contributed by atoms with E-state index in [4.69, 9.17) is 4.74 Å². The van der Waals surface area contributed by atoms with Crippen LogP contribution in [0.3, 0.4) is 0 Å². The number of aryl methyl sites for hydroxylation is 1. The van der Waals surface area contributed by atoms with Crippen LogP contribution in [0.4, 0.5) is 0 Å². The lowest BCUT2D eigenvalue weighted by atomic mass is 10.1. The van der Waals surface area contributed by atoms with E-state index in [0.717, 1.165) is 19.5 Å². The van der Waals surface area contributed by atoms with Gasteiger partial charge in [-0.2, -0.15) is 0 Å². The Bertz CT molecular complexity index is 510. The molecule has 0 aliphatic heterocycles. The molecule has 0 bridgehead atoms. The van der Waals surface area contributed by atoms with Crippen LogP contribution in [0, 0.1) is 0 Å². The number of methoxy groups -OCH3 is 1. The molecule has 0 fully saturated rings. The number of rotatable bonds is 7. The lowest BCUT2D eigenvalue weighted by Crippen LogP contribution is -2.13. The average molecular weight is 276 g/mol. The molecule has 1 heterocycles. The Morgan fingerprint density at radius 1 is 1.21 bits per heavy atom. The van der Waals surface area contributed by atoms with Gasteiger partial charge >= 0.3 is 0 Å². The second-order valence-corrected chi connectivity index (χ2v) is 5.58. The third-order valence-corrected chi connectivity index (χ3v) is 4.08. The summed E-state index contributed by atoms with van der Waals surface area (Å²) in [7, 11) is 1.73. The van der Waals surface area contributed by atoms with E-state index in [-0.39, 0.29) is 0 Å². The normalized spacial score (nSPS) is 10.8. The smallest absolute Gasteiger partial charge is 0.0925 e. The van der Waals surface area contributed by atoms with Crippen molar-refractivity contribution in [3.05, 3.63) is 51.5 Å². The number of hydrogen-bond donors (Lipinski definition) is 1. The van der Waals surface area contributed by atoms with Crippen molar-refractivity contribution in [2.24, 2.45) is 0 Å². The molecule has 0 radical (unpaired) electrons. The number of aromatic nitrogens is 1. The number of hydrogen-bond acceptors (Lipinski definition) is 4. The van der Waals surface area contributed by atoms with Crippen LogP contribution < -0.4 is 5.32 Å². The van der Waals surface area contributed by atoms with E-state index >= 15 is 0 Å². The van der Waals surface area contributed by atoms with E-state index in [1.165, 1.54) is 21.0 Å². The molecule has 3 nitrogen and oxygen atoms in total. The third kappa shape index (κ3) is 4.13. The van der Waals surface area contributed by atoms with E-state index in [1.807, 2.05) is 6.20 Å². The summed E-state index contributed by atoms with van der Waals surface area (Å²) in [5.41, 5.74) is 2.54. The molecule has 1 N–H and O–H groups in total. The van der Waals surface area contributed by atoms with Crippen molar-refractivity contribution in [3.63, 3.8) is 0 Å². The van der Waals surface area contributed by atoms with Crippen molar-refractivity contribution in [3.8, 4) is 0 Å². The van der Waals surface area contributed by atoms with Gasteiger partial charge in [-0.05, 0) is 17.5 Å². The number of ether oxygens (including phenoxy) is 1.